The number of oxazole rings is 1. The summed E-state index contributed by atoms with van der Waals surface area (Å²) in [5.41, 5.74) is 6.50. The van der Waals surface area contributed by atoms with Gasteiger partial charge in [-0.25, -0.2) is 9.97 Å². The number of anilines is 2. The fourth-order valence-electron chi connectivity index (χ4n) is 1.87. The van der Waals surface area contributed by atoms with Crippen molar-refractivity contribution in [3.8, 4) is 0 Å². The molecule has 0 radical (unpaired) electrons. The highest BCUT2D eigenvalue weighted by Gasteiger charge is 2.07. The van der Waals surface area contributed by atoms with Crippen LogP contribution in [0.4, 0.5) is 11.8 Å². The Morgan fingerprint density at radius 1 is 1.26 bits per heavy atom. The molecular weight excluding hydrogens is 242 g/mol. The van der Waals surface area contributed by atoms with Crippen LogP contribution in [-0.4, -0.2) is 15.0 Å². The van der Waals surface area contributed by atoms with Crippen molar-refractivity contribution in [2.75, 3.05) is 11.1 Å². The summed E-state index contributed by atoms with van der Waals surface area (Å²) in [6, 6.07) is 7.68. The Balaban J connectivity index is 1.91. The minimum atomic E-state index is 0.241. The van der Waals surface area contributed by atoms with Gasteiger partial charge in [0.05, 0.1) is 18.3 Å². The number of fused-ring (bicyclic) bond motifs is 1. The molecule has 3 N–H and O–H groups in total. The third-order valence-electron chi connectivity index (χ3n) is 2.70. The van der Waals surface area contributed by atoms with Crippen molar-refractivity contribution in [3.05, 3.63) is 42.1 Å². The molecule has 0 aliphatic carbocycles. The number of hydrogen-bond donors (Lipinski definition) is 2. The first-order valence-corrected chi connectivity index (χ1v) is 5.90. The molecule has 3 aromatic rings. The van der Waals surface area contributed by atoms with E-state index in [1.165, 1.54) is 0 Å². The van der Waals surface area contributed by atoms with E-state index in [4.69, 9.17) is 10.2 Å². The predicted molar refractivity (Wildman–Crippen MR) is 72.5 cm³/mol. The van der Waals surface area contributed by atoms with Gasteiger partial charge in [-0.3, -0.25) is 0 Å². The molecule has 0 fully saturated rings. The fourth-order valence-corrected chi connectivity index (χ4v) is 1.87. The third kappa shape index (κ3) is 2.33. The Morgan fingerprint density at radius 2 is 2.11 bits per heavy atom. The van der Waals surface area contributed by atoms with Gasteiger partial charge in [-0.2, -0.15) is 4.98 Å². The lowest BCUT2D eigenvalue weighted by molar-refractivity contribution is 0.479. The number of nitrogens with one attached hydrogen (secondary N) is 1. The molecule has 6 nitrogen and oxygen atoms in total. The van der Waals surface area contributed by atoms with E-state index >= 15 is 0 Å². The molecule has 2 aromatic heterocycles. The van der Waals surface area contributed by atoms with E-state index in [9.17, 15) is 0 Å². The van der Waals surface area contributed by atoms with Crippen LogP contribution in [0.3, 0.4) is 0 Å². The van der Waals surface area contributed by atoms with E-state index in [2.05, 4.69) is 20.3 Å². The normalized spacial score (nSPS) is 10.8. The average molecular weight is 255 g/mol. The van der Waals surface area contributed by atoms with Crippen LogP contribution < -0.4 is 11.1 Å². The molecule has 2 heterocycles. The van der Waals surface area contributed by atoms with Crippen molar-refractivity contribution < 1.29 is 4.42 Å². The van der Waals surface area contributed by atoms with Crippen molar-refractivity contribution in [1.29, 1.82) is 0 Å². The Bertz CT molecular complexity index is 722. The van der Waals surface area contributed by atoms with Crippen LogP contribution in [0.25, 0.3) is 10.9 Å². The summed E-state index contributed by atoms with van der Waals surface area (Å²) in [5.74, 6) is 2.31. The Morgan fingerprint density at radius 3 is 2.89 bits per heavy atom. The lowest BCUT2D eigenvalue weighted by Crippen LogP contribution is -2.05. The molecule has 0 unspecified atom stereocenters. The van der Waals surface area contributed by atoms with E-state index in [1.54, 1.807) is 6.20 Å². The van der Waals surface area contributed by atoms with Gasteiger partial charge < -0.3 is 15.5 Å². The first-order valence-electron chi connectivity index (χ1n) is 5.90. The van der Waals surface area contributed by atoms with E-state index in [1.807, 2.05) is 31.2 Å². The summed E-state index contributed by atoms with van der Waals surface area (Å²) in [6.07, 6.45) is 1.68. The highest BCUT2D eigenvalue weighted by molar-refractivity contribution is 5.89. The zero-order chi connectivity index (χ0) is 13.2. The van der Waals surface area contributed by atoms with Crippen LogP contribution >= 0.6 is 0 Å². The smallest absolute Gasteiger partial charge is 0.222 e. The molecule has 0 saturated carbocycles. The zero-order valence-corrected chi connectivity index (χ0v) is 10.4. The standard InChI is InChI=1S/C13H13N5O/c1-8-6-15-11(19-8)7-16-12-9-4-2-3-5-10(9)17-13(14)18-12/h2-6H,7H2,1H3,(H3,14,16,17,18). The highest BCUT2D eigenvalue weighted by Crippen LogP contribution is 2.21. The average Bonchev–Trinajstić information content (AvgIpc) is 2.81. The summed E-state index contributed by atoms with van der Waals surface area (Å²) >= 11 is 0. The number of para-hydroxylation sites is 1. The van der Waals surface area contributed by atoms with Crippen LogP contribution in [0.15, 0.2) is 34.9 Å². The monoisotopic (exact) mass is 255 g/mol. The van der Waals surface area contributed by atoms with Crippen LogP contribution in [0.1, 0.15) is 11.7 Å². The van der Waals surface area contributed by atoms with E-state index in [-0.39, 0.29) is 5.95 Å². The summed E-state index contributed by atoms with van der Waals surface area (Å²) < 4.78 is 5.40. The second kappa shape index (κ2) is 4.56. The van der Waals surface area contributed by atoms with Crippen molar-refractivity contribution >= 4 is 22.7 Å². The molecule has 0 bridgehead atoms. The van der Waals surface area contributed by atoms with Crippen molar-refractivity contribution in [2.24, 2.45) is 0 Å². The molecule has 0 spiro atoms. The molecule has 0 saturated heterocycles. The van der Waals surface area contributed by atoms with Gasteiger partial charge in [-0.15, -0.1) is 0 Å². The molecule has 96 valence electrons. The molecule has 3 rings (SSSR count). The molecule has 0 amide bonds. The summed E-state index contributed by atoms with van der Waals surface area (Å²) in [4.78, 5) is 12.5. The Kier molecular flexibility index (Phi) is 2.75. The van der Waals surface area contributed by atoms with E-state index in [0.29, 0.717) is 18.3 Å². The maximum atomic E-state index is 5.70. The zero-order valence-electron chi connectivity index (χ0n) is 10.4. The van der Waals surface area contributed by atoms with Crippen LogP contribution in [0.5, 0.6) is 0 Å². The first kappa shape index (κ1) is 11.5. The van der Waals surface area contributed by atoms with Gasteiger partial charge in [-0.1, -0.05) is 12.1 Å². The fraction of sp³-hybridized carbons (Fsp3) is 0.154. The maximum absolute atomic E-state index is 5.70. The number of hydrogen-bond acceptors (Lipinski definition) is 6. The SMILES string of the molecule is Cc1cnc(CNc2nc(N)nc3ccccc23)o1. The highest BCUT2D eigenvalue weighted by atomic mass is 16.4. The topological polar surface area (TPSA) is 89.9 Å². The van der Waals surface area contributed by atoms with Gasteiger partial charge in [0.25, 0.3) is 0 Å². The number of rotatable bonds is 3. The lowest BCUT2D eigenvalue weighted by atomic mass is 10.2. The molecule has 0 aliphatic rings. The lowest BCUT2D eigenvalue weighted by Gasteiger charge is -2.07. The molecule has 19 heavy (non-hydrogen) atoms. The number of nitrogens with two attached hydrogens (primary N) is 1. The van der Waals surface area contributed by atoms with Crippen LogP contribution in [-0.2, 0) is 6.54 Å². The molecule has 6 heteroatoms. The van der Waals surface area contributed by atoms with Crippen molar-refractivity contribution in [3.63, 3.8) is 0 Å². The second-order valence-electron chi connectivity index (χ2n) is 4.17. The second-order valence-corrected chi connectivity index (χ2v) is 4.17. The van der Waals surface area contributed by atoms with E-state index < -0.39 is 0 Å². The predicted octanol–water partition coefficient (Wildman–Crippen LogP) is 2.12. The minimum absolute atomic E-state index is 0.241. The Hall–Kier alpha value is -2.63. The number of aromatic nitrogens is 3. The van der Waals surface area contributed by atoms with Crippen molar-refractivity contribution in [1.82, 2.24) is 15.0 Å². The maximum Gasteiger partial charge on any atom is 0.222 e. The minimum Gasteiger partial charge on any atom is -0.444 e. The van der Waals surface area contributed by atoms with Crippen LogP contribution in [0.2, 0.25) is 0 Å². The molecular formula is C13H13N5O. The quantitative estimate of drug-likeness (QED) is 0.745. The number of benzene rings is 1. The largest absolute Gasteiger partial charge is 0.444 e. The molecule has 1 aromatic carbocycles. The van der Waals surface area contributed by atoms with Gasteiger partial charge in [0.15, 0.2) is 0 Å². The molecule has 0 atom stereocenters. The summed E-state index contributed by atoms with van der Waals surface area (Å²) in [5, 5.41) is 4.09. The number of nitrogen functional groups attached to an aromatic ring is 1. The van der Waals surface area contributed by atoms with Gasteiger partial charge in [0.2, 0.25) is 11.8 Å². The van der Waals surface area contributed by atoms with Gasteiger partial charge in [-0.05, 0) is 19.1 Å². The summed E-state index contributed by atoms with van der Waals surface area (Å²) in [6.45, 7) is 2.31. The van der Waals surface area contributed by atoms with Gasteiger partial charge in [0, 0.05) is 5.39 Å². The first-order chi connectivity index (χ1) is 9.22. The third-order valence-corrected chi connectivity index (χ3v) is 2.70. The van der Waals surface area contributed by atoms with Gasteiger partial charge >= 0.3 is 0 Å². The van der Waals surface area contributed by atoms with Crippen molar-refractivity contribution in [2.45, 2.75) is 13.5 Å². The van der Waals surface area contributed by atoms with Gasteiger partial charge in [0.1, 0.15) is 11.6 Å². The van der Waals surface area contributed by atoms with E-state index in [0.717, 1.165) is 16.7 Å². The number of nitrogens with zero attached hydrogens (tertiary/aromatic N) is 3. The summed E-state index contributed by atoms with van der Waals surface area (Å²) in [7, 11) is 0. The van der Waals surface area contributed by atoms with Crippen LogP contribution in [0, 0.1) is 6.92 Å². The molecule has 0 aliphatic heterocycles. The number of aryl methyl sites for hydroxylation is 1. The Labute approximate surface area is 109 Å².